The Bertz CT molecular complexity index is 840. The van der Waals surface area contributed by atoms with Gasteiger partial charge < -0.3 is 5.32 Å². The maximum Gasteiger partial charge on any atom is 0.321 e. The molecule has 1 aromatic heterocycles. The van der Waals surface area contributed by atoms with E-state index in [0.29, 0.717) is 27.7 Å². The van der Waals surface area contributed by atoms with Crippen LogP contribution in [0.1, 0.15) is 25.2 Å². The topological polar surface area (TPSA) is 76.1 Å². The van der Waals surface area contributed by atoms with Crippen LogP contribution in [0, 0.1) is 5.82 Å². The molecule has 0 fully saturated rings. The van der Waals surface area contributed by atoms with E-state index >= 15 is 0 Å². The van der Waals surface area contributed by atoms with E-state index in [-0.39, 0.29) is 18.5 Å². The lowest BCUT2D eigenvalue weighted by molar-refractivity contribution is -1.07. The van der Waals surface area contributed by atoms with Crippen LogP contribution in [0.4, 0.5) is 14.3 Å². The van der Waals surface area contributed by atoms with Gasteiger partial charge in [-0.25, -0.2) is 9.18 Å². The van der Waals surface area contributed by atoms with Gasteiger partial charge in [0.2, 0.25) is 11.0 Å². The van der Waals surface area contributed by atoms with Crippen molar-refractivity contribution in [2.75, 3.05) is 12.4 Å². The molecular formula is C17H21FN5O2S+. The summed E-state index contributed by atoms with van der Waals surface area (Å²) in [6, 6.07) is 5.66. The first-order valence-electron chi connectivity index (χ1n) is 8.19. The first-order valence-corrected chi connectivity index (χ1v) is 8.96. The number of allylic oxidation sites excluding steroid dienone is 1. The number of urea groups is 1. The molecule has 26 heavy (non-hydrogen) atoms. The van der Waals surface area contributed by atoms with E-state index in [1.54, 1.807) is 12.1 Å². The molecule has 1 aliphatic rings. The van der Waals surface area contributed by atoms with Crippen molar-refractivity contribution in [2.24, 2.45) is 0 Å². The fraction of sp³-hybridized carbons (Fsp3) is 0.353. The number of quaternary nitrogens is 1. The number of nitrogens with zero attached hydrogens (tertiary/aromatic N) is 3. The molecule has 2 heterocycles. The molecule has 2 atom stereocenters. The van der Waals surface area contributed by atoms with Gasteiger partial charge in [-0.1, -0.05) is 12.1 Å². The van der Waals surface area contributed by atoms with Gasteiger partial charge in [-0.15, -0.1) is 4.65 Å². The maximum absolute atomic E-state index is 13.1. The van der Waals surface area contributed by atoms with Gasteiger partial charge in [-0.2, -0.15) is 14.2 Å². The molecule has 1 aliphatic heterocycles. The zero-order chi connectivity index (χ0) is 18.7. The number of hydrogen-bond donors (Lipinski definition) is 2. The molecule has 0 radical (unpaired) electrons. The molecule has 2 N–H and O–H groups in total. The number of hydroxylamine groups is 3. The van der Waals surface area contributed by atoms with Gasteiger partial charge in [0.15, 0.2) is 6.54 Å². The second-order valence-electron chi connectivity index (χ2n) is 6.33. The van der Waals surface area contributed by atoms with Crippen LogP contribution in [0.5, 0.6) is 0 Å². The lowest BCUT2D eigenvalue weighted by atomic mass is 10.2. The number of rotatable bonds is 5. The molecule has 1 aromatic carbocycles. The Morgan fingerprint density at radius 1 is 1.46 bits per heavy atom. The van der Waals surface area contributed by atoms with Crippen LogP contribution in [-0.4, -0.2) is 33.2 Å². The number of anilines is 1. The second kappa shape index (κ2) is 7.48. The van der Waals surface area contributed by atoms with Crippen LogP contribution in [0.25, 0.3) is 0 Å². The van der Waals surface area contributed by atoms with Crippen molar-refractivity contribution in [3.8, 4) is 0 Å². The van der Waals surface area contributed by atoms with Crippen molar-refractivity contribution >= 4 is 22.7 Å². The van der Waals surface area contributed by atoms with E-state index in [2.05, 4.69) is 26.1 Å². The van der Waals surface area contributed by atoms with Crippen LogP contribution >= 0.6 is 11.5 Å². The third-order valence-corrected chi connectivity index (χ3v) is 4.76. The summed E-state index contributed by atoms with van der Waals surface area (Å²) in [4.78, 5) is 22.2. The summed E-state index contributed by atoms with van der Waals surface area (Å²) in [6.45, 7) is 4.70. The summed E-state index contributed by atoms with van der Waals surface area (Å²) in [7, 11) is 1.95. The minimum atomic E-state index is -0.417. The molecular weight excluding hydrogens is 357 g/mol. The summed E-state index contributed by atoms with van der Waals surface area (Å²) in [6.07, 6.45) is 2.11. The number of benzene rings is 1. The van der Waals surface area contributed by atoms with Crippen LogP contribution in [0.3, 0.4) is 0 Å². The van der Waals surface area contributed by atoms with Crippen LogP contribution in [0.15, 0.2) is 36.0 Å². The molecule has 0 bridgehead atoms. The smallest absolute Gasteiger partial charge is 0.321 e. The van der Waals surface area contributed by atoms with E-state index in [1.165, 1.54) is 12.1 Å². The standard InChI is InChI=1S/C17H20FN5O2S/c1-11-7-12(2)25-23(11,3)10-15-20-17(26-22-15)21-16(24)19-9-13-5-4-6-14(18)8-13/h4-8,12H,9-10H2,1-3H3,(H-,19,20,21,22,24)/p+1. The molecule has 2 unspecified atom stereocenters. The van der Waals surface area contributed by atoms with Crippen molar-refractivity contribution in [1.82, 2.24) is 14.7 Å². The van der Waals surface area contributed by atoms with E-state index in [9.17, 15) is 9.18 Å². The molecule has 3 rings (SSSR count). The highest BCUT2D eigenvalue weighted by Crippen LogP contribution is 2.28. The highest BCUT2D eigenvalue weighted by Gasteiger charge is 2.37. The SMILES string of the molecule is CC1=CC(C)O[N+]1(C)Cc1nsc(NC(=O)NCc2cccc(F)c2)n1. The summed E-state index contributed by atoms with van der Waals surface area (Å²) < 4.78 is 17.7. The third kappa shape index (κ3) is 4.43. The monoisotopic (exact) mass is 378 g/mol. The Balaban J connectivity index is 1.53. The van der Waals surface area contributed by atoms with Crippen molar-refractivity contribution in [1.29, 1.82) is 0 Å². The summed E-state index contributed by atoms with van der Waals surface area (Å²) in [5.41, 5.74) is 1.77. The van der Waals surface area contributed by atoms with Gasteiger partial charge in [-0.05, 0) is 24.6 Å². The number of carbonyl (C=O) groups is 1. The molecule has 0 saturated heterocycles. The van der Waals surface area contributed by atoms with Gasteiger partial charge in [-0.3, -0.25) is 5.32 Å². The Labute approximate surface area is 155 Å². The van der Waals surface area contributed by atoms with Gasteiger partial charge >= 0.3 is 6.03 Å². The molecule has 138 valence electrons. The Morgan fingerprint density at radius 2 is 2.27 bits per heavy atom. The highest BCUT2D eigenvalue weighted by atomic mass is 32.1. The zero-order valence-electron chi connectivity index (χ0n) is 14.8. The summed E-state index contributed by atoms with van der Waals surface area (Å²) >= 11 is 1.11. The largest absolute Gasteiger partial charge is 0.334 e. The Morgan fingerprint density at radius 3 is 2.96 bits per heavy atom. The highest BCUT2D eigenvalue weighted by molar-refractivity contribution is 7.09. The predicted molar refractivity (Wildman–Crippen MR) is 96.4 cm³/mol. The average Bonchev–Trinajstić information content (AvgIpc) is 3.09. The molecule has 0 aliphatic carbocycles. The third-order valence-electron chi connectivity index (χ3n) is 4.09. The van der Waals surface area contributed by atoms with E-state index in [1.807, 2.05) is 20.9 Å². The fourth-order valence-electron chi connectivity index (χ4n) is 2.75. The van der Waals surface area contributed by atoms with Crippen molar-refractivity contribution < 1.29 is 18.7 Å². The normalized spacial score (nSPS) is 22.2. The average molecular weight is 378 g/mol. The van der Waals surface area contributed by atoms with Gasteiger partial charge in [0, 0.05) is 31.1 Å². The fourth-order valence-corrected chi connectivity index (χ4v) is 3.32. The number of nitrogens with one attached hydrogen (secondary N) is 2. The van der Waals surface area contributed by atoms with Gasteiger partial charge in [0.1, 0.15) is 24.7 Å². The summed E-state index contributed by atoms with van der Waals surface area (Å²) in [5, 5.41) is 5.71. The first-order chi connectivity index (χ1) is 12.3. The Hall–Kier alpha value is -2.36. The van der Waals surface area contributed by atoms with Crippen LogP contribution in [-0.2, 0) is 17.9 Å². The zero-order valence-corrected chi connectivity index (χ0v) is 15.6. The summed E-state index contributed by atoms with van der Waals surface area (Å²) in [5.74, 6) is 0.262. The molecule has 2 amide bonds. The van der Waals surface area contributed by atoms with Crippen molar-refractivity contribution in [3.63, 3.8) is 0 Å². The lowest BCUT2D eigenvalue weighted by Crippen LogP contribution is -2.39. The minimum Gasteiger partial charge on any atom is -0.334 e. The van der Waals surface area contributed by atoms with Crippen molar-refractivity contribution in [2.45, 2.75) is 33.0 Å². The molecule has 7 nitrogen and oxygen atoms in total. The maximum atomic E-state index is 13.1. The molecule has 0 spiro atoms. The molecule has 0 saturated carbocycles. The van der Waals surface area contributed by atoms with Crippen LogP contribution in [0.2, 0.25) is 0 Å². The second-order valence-corrected chi connectivity index (χ2v) is 7.08. The lowest BCUT2D eigenvalue weighted by Gasteiger charge is -2.26. The Kier molecular flexibility index (Phi) is 5.30. The number of aromatic nitrogens is 2. The number of amides is 2. The van der Waals surface area contributed by atoms with Crippen LogP contribution < -0.4 is 10.6 Å². The van der Waals surface area contributed by atoms with Gasteiger partial charge in [0.05, 0.1) is 0 Å². The molecule has 9 heteroatoms. The number of halogens is 1. The van der Waals surface area contributed by atoms with E-state index in [0.717, 1.165) is 17.2 Å². The van der Waals surface area contributed by atoms with Gasteiger partial charge in [0.25, 0.3) is 0 Å². The van der Waals surface area contributed by atoms with Crippen molar-refractivity contribution in [3.05, 3.63) is 53.2 Å². The van der Waals surface area contributed by atoms with E-state index < -0.39 is 6.03 Å². The number of hydrogen-bond acceptors (Lipinski definition) is 5. The number of carbonyl (C=O) groups excluding carboxylic acids is 1. The predicted octanol–water partition coefficient (Wildman–Crippen LogP) is 3.18. The quantitative estimate of drug-likeness (QED) is 0.784. The minimum absolute atomic E-state index is 0.0461. The first kappa shape index (κ1) is 18.4. The van der Waals surface area contributed by atoms with E-state index in [4.69, 9.17) is 4.84 Å². The molecule has 2 aromatic rings.